The highest BCUT2D eigenvalue weighted by atomic mass is 32.2. The summed E-state index contributed by atoms with van der Waals surface area (Å²) >= 11 is 1.96. The molecule has 1 saturated carbocycles. The summed E-state index contributed by atoms with van der Waals surface area (Å²) in [4.78, 5) is 8.21. The molecule has 0 bridgehead atoms. The first-order valence-corrected chi connectivity index (χ1v) is 6.86. The minimum Gasteiger partial charge on any atom is -0.383 e. The molecule has 1 fully saturated rings. The number of nitrogens with one attached hydrogen (secondary N) is 1. The molecule has 1 aliphatic rings. The van der Waals surface area contributed by atoms with E-state index < -0.39 is 0 Å². The van der Waals surface area contributed by atoms with Crippen molar-refractivity contribution in [3.63, 3.8) is 0 Å². The van der Waals surface area contributed by atoms with Gasteiger partial charge in [-0.05, 0) is 32.4 Å². The third-order valence-corrected chi connectivity index (χ3v) is 4.28. The molecule has 3 N–H and O–H groups in total. The van der Waals surface area contributed by atoms with Crippen molar-refractivity contribution < 1.29 is 0 Å². The molecular formula is C11H18N4S. The molecule has 2 rings (SSSR count). The average Bonchev–Trinajstić information content (AvgIpc) is 2.73. The maximum Gasteiger partial charge on any atom is 0.134 e. The normalized spacial score (nSPS) is 24.6. The van der Waals surface area contributed by atoms with Crippen LogP contribution in [0.3, 0.4) is 0 Å². The molecule has 4 nitrogen and oxygen atoms in total. The third kappa shape index (κ3) is 2.40. The van der Waals surface area contributed by atoms with Gasteiger partial charge in [0.15, 0.2) is 0 Å². The molecule has 0 saturated heterocycles. The van der Waals surface area contributed by atoms with Gasteiger partial charge < -0.3 is 11.1 Å². The van der Waals surface area contributed by atoms with Crippen LogP contribution < -0.4 is 11.1 Å². The number of anilines is 2. The van der Waals surface area contributed by atoms with Crippen LogP contribution in [-0.4, -0.2) is 27.5 Å². The molecule has 1 aromatic rings. The van der Waals surface area contributed by atoms with Crippen LogP contribution in [0.1, 0.15) is 24.8 Å². The van der Waals surface area contributed by atoms with Gasteiger partial charge in [-0.2, -0.15) is 11.8 Å². The maximum atomic E-state index is 5.75. The second kappa shape index (κ2) is 4.91. The Morgan fingerprint density at radius 2 is 2.25 bits per heavy atom. The van der Waals surface area contributed by atoms with E-state index in [1.807, 2.05) is 18.7 Å². The van der Waals surface area contributed by atoms with E-state index >= 15 is 0 Å². The summed E-state index contributed by atoms with van der Waals surface area (Å²) in [6, 6.07) is 0.533. The van der Waals surface area contributed by atoms with Gasteiger partial charge >= 0.3 is 0 Å². The Bertz CT molecular complexity index is 369. The van der Waals surface area contributed by atoms with Crippen LogP contribution in [0, 0.1) is 6.92 Å². The molecular weight excluding hydrogens is 220 g/mol. The lowest BCUT2D eigenvalue weighted by Gasteiger charge is -2.15. The number of thioether (sulfide) groups is 1. The Hall–Kier alpha value is -0.970. The zero-order valence-electron chi connectivity index (χ0n) is 9.73. The highest BCUT2D eigenvalue weighted by Crippen LogP contribution is 2.30. The molecule has 0 radical (unpaired) electrons. The van der Waals surface area contributed by atoms with Crippen molar-refractivity contribution in [3.05, 3.63) is 11.9 Å². The van der Waals surface area contributed by atoms with Crippen LogP contribution in [0.15, 0.2) is 6.33 Å². The molecule has 0 amide bonds. The van der Waals surface area contributed by atoms with Crippen LogP contribution in [0.25, 0.3) is 0 Å². The topological polar surface area (TPSA) is 63.8 Å². The fourth-order valence-electron chi connectivity index (χ4n) is 2.09. The fourth-order valence-corrected chi connectivity index (χ4v) is 2.88. The number of rotatable bonds is 3. The van der Waals surface area contributed by atoms with Gasteiger partial charge in [-0.1, -0.05) is 0 Å². The van der Waals surface area contributed by atoms with Crippen LogP contribution in [0.2, 0.25) is 0 Å². The van der Waals surface area contributed by atoms with E-state index in [9.17, 15) is 0 Å². The smallest absolute Gasteiger partial charge is 0.134 e. The van der Waals surface area contributed by atoms with Crippen molar-refractivity contribution in [2.24, 2.45) is 0 Å². The Labute approximate surface area is 100 Å². The molecule has 5 heteroatoms. The molecule has 0 aromatic carbocycles. The van der Waals surface area contributed by atoms with Gasteiger partial charge in [-0.15, -0.1) is 0 Å². The van der Waals surface area contributed by atoms with Crippen molar-refractivity contribution in [2.45, 2.75) is 37.5 Å². The molecule has 0 spiro atoms. The van der Waals surface area contributed by atoms with Gasteiger partial charge in [0.1, 0.15) is 18.0 Å². The third-order valence-electron chi connectivity index (χ3n) is 3.18. The molecule has 1 aromatic heterocycles. The lowest BCUT2D eigenvalue weighted by Crippen LogP contribution is -2.18. The Balaban J connectivity index is 2.02. The van der Waals surface area contributed by atoms with Gasteiger partial charge in [0.05, 0.1) is 0 Å². The van der Waals surface area contributed by atoms with E-state index in [-0.39, 0.29) is 0 Å². The Kier molecular flexibility index (Phi) is 3.53. The largest absolute Gasteiger partial charge is 0.383 e. The van der Waals surface area contributed by atoms with Crippen molar-refractivity contribution in [1.82, 2.24) is 9.97 Å². The minimum atomic E-state index is 0.533. The summed E-state index contributed by atoms with van der Waals surface area (Å²) in [6.07, 6.45) is 7.42. The number of hydrogen-bond acceptors (Lipinski definition) is 5. The molecule has 88 valence electrons. The first kappa shape index (κ1) is 11.5. The predicted molar refractivity (Wildman–Crippen MR) is 69.7 cm³/mol. The Morgan fingerprint density at radius 1 is 1.44 bits per heavy atom. The first-order valence-electron chi connectivity index (χ1n) is 5.57. The quantitative estimate of drug-likeness (QED) is 0.844. The molecule has 2 atom stereocenters. The number of hydrogen-bond donors (Lipinski definition) is 2. The predicted octanol–water partition coefficient (Wildman–Crippen LogP) is 2.06. The highest BCUT2D eigenvalue weighted by molar-refractivity contribution is 7.99. The first-order chi connectivity index (χ1) is 7.70. The van der Waals surface area contributed by atoms with E-state index in [1.165, 1.54) is 25.6 Å². The minimum absolute atomic E-state index is 0.533. The van der Waals surface area contributed by atoms with Crippen molar-refractivity contribution in [2.75, 3.05) is 17.3 Å². The van der Waals surface area contributed by atoms with Gasteiger partial charge in [0.25, 0.3) is 0 Å². The molecule has 2 unspecified atom stereocenters. The highest BCUT2D eigenvalue weighted by Gasteiger charge is 2.24. The van der Waals surface area contributed by atoms with E-state index in [0.717, 1.165) is 16.6 Å². The summed E-state index contributed by atoms with van der Waals surface area (Å²) in [5, 5.41) is 4.26. The molecule has 1 heterocycles. The lowest BCUT2D eigenvalue weighted by molar-refractivity contribution is 0.750. The summed E-state index contributed by atoms with van der Waals surface area (Å²) < 4.78 is 0. The fraction of sp³-hybridized carbons (Fsp3) is 0.636. The van der Waals surface area contributed by atoms with Gasteiger partial charge in [-0.25, -0.2) is 9.97 Å². The molecule has 0 aliphatic heterocycles. The van der Waals surface area contributed by atoms with Crippen LogP contribution in [-0.2, 0) is 0 Å². The number of nitrogens with two attached hydrogens (primary N) is 1. The Morgan fingerprint density at radius 3 is 2.94 bits per heavy atom. The lowest BCUT2D eigenvalue weighted by atomic mass is 10.2. The second-order valence-electron chi connectivity index (χ2n) is 4.24. The van der Waals surface area contributed by atoms with Crippen LogP contribution >= 0.6 is 11.8 Å². The van der Waals surface area contributed by atoms with Gasteiger partial charge in [-0.3, -0.25) is 0 Å². The van der Waals surface area contributed by atoms with Crippen LogP contribution in [0.4, 0.5) is 11.6 Å². The number of nitrogens with zero attached hydrogens (tertiary/aromatic N) is 2. The van der Waals surface area contributed by atoms with Gasteiger partial charge in [0.2, 0.25) is 0 Å². The zero-order chi connectivity index (χ0) is 11.5. The van der Waals surface area contributed by atoms with Crippen LogP contribution in [0.5, 0.6) is 0 Å². The van der Waals surface area contributed by atoms with Gasteiger partial charge in [0, 0.05) is 16.9 Å². The summed E-state index contributed by atoms with van der Waals surface area (Å²) in [5.74, 6) is 1.45. The van der Waals surface area contributed by atoms with Crippen molar-refractivity contribution in [3.8, 4) is 0 Å². The van der Waals surface area contributed by atoms with E-state index in [0.29, 0.717) is 11.9 Å². The monoisotopic (exact) mass is 238 g/mol. The summed E-state index contributed by atoms with van der Waals surface area (Å²) in [5.41, 5.74) is 6.71. The average molecular weight is 238 g/mol. The molecule has 16 heavy (non-hydrogen) atoms. The second-order valence-corrected chi connectivity index (χ2v) is 5.38. The number of nitrogen functional groups attached to an aromatic ring is 1. The SMILES string of the molecule is CSC1CCC(Nc2ncnc(N)c2C)C1. The van der Waals surface area contributed by atoms with E-state index in [1.54, 1.807) is 0 Å². The summed E-state index contributed by atoms with van der Waals surface area (Å²) in [7, 11) is 0. The zero-order valence-corrected chi connectivity index (χ0v) is 10.5. The van der Waals surface area contributed by atoms with Crippen molar-refractivity contribution >= 4 is 23.4 Å². The summed E-state index contributed by atoms with van der Waals surface area (Å²) in [6.45, 7) is 1.96. The molecule has 1 aliphatic carbocycles. The van der Waals surface area contributed by atoms with E-state index in [4.69, 9.17) is 5.73 Å². The number of aromatic nitrogens is 2. The standard InChI is InChI=1S/C11H18N4S/c1-7-10(12)13-6-14-11(7)15-8-3-4-9(5-8)16-2/h6,8-9H,3-5H2,1-2H3,(H3,12,13,14,15). The maximum absolute atomic E-state index is 5.75. The van der Waals surface area contributed by atoms with E-state index in [2.05, 4.69) is 21.5 Å². The van der Waals surface area contributed by atoms with Crippen molar-refractivity contribution in [1.29, 1.82) is 0 Å².